The molecule has 0 saturated carbocycles. The number of benzene rings is 4. The third kappa shape index (κ3) is 10.3. The highest BCUT2D eigenvalue weighted by Crippen LogP contribution is 2.41. The molecule has 11 heteroatoms. The Bertz CT molecular complexity index is 2330. The highest BCUT2D eigenvalue weighted by atomic mass is 16.5. The first-order valence-electron chi connectivity index (χ1n) is 22.2. The summed E-state index contributed by atoms with van der Waals surface area (Å²) >= 11 is 0. The van der Waals surface area contributed by atoms with Gasteiger partial charge in [0.2, 0.25) is 0 Å². The van der Waals surface area contributed by atoms with Gasteiger partial charge < -0.3 is 39.0 Å². The third-order valence-corrected chi connectivity index (χ3v) is 11.5. The Kier molecular flexibility index (Phi) is 15.7. The lowest BCUT2D eigenvalue weighted by Gasteiger charge is -2.24. The topological polar surface area (TPSA) is 105 Å². The van der Waals surface area contributed by atoms with Gasteiger partial charge >= 0.3 is 0 Å². The largest absolute Gasteiger partial charge is 0.493 e. The van der Waals surface area contributed by atoms with Gasteiger partial charge in [-0.3, -0.25) is 14.6 Å². The van der Waals surface area contributed by atoms with E-state index in [0.29, 0.717) is 72.3 Å². The molecule has 0 aliphatic carbocycles. The van der Waals surface area contributed by atoms with Crippen molar-refractivity contribution in [1.29, 1.82) is 0 Å². The maximum atomic E-state index is 14.0. The van der Waals surface area contributed by atoms with Gasteiger partial charge in [0.05, 0.1) is 50.8 Å². The summed E-state index contributed by atoms with van der Waals surface area (Å²) in [6, 6.07) is 23.6. The molecule has 4 aromatic rings. The zero-order valence-electron chi connectivity index (χ0n) is 38.2. The van der Waals surface area contributed by atoms with E-state index >= 15 is 0 Å². The number of anilines is 2. The number of methoxy groups -OCH3 is 2. The first-order valence-corrected chi connectivity index (χ1v) is 22.2. The van der Waals surface area contributed by atoms with E-state index in [2.05, 4.69) is 67.0 Å². The minimum Gasteiger partial charge on any atom is -0.493 e. The second-order valence-electron chi connectivity index (χ2n) is 15.5. The summed E-state index contributed by atoms with van der Waals surface area (Å²) in [5.74, 6) is 1.68. The minimum atomic E-state index is -0.187. The van der Waals surface area contributed by atoms with Crippen molar-refractivity contribution < 1.29 is 28.5 Å². The summed E-state index contributed by atoms with van der Waals surface area (Å²) < 4.78 is 23.7. The summed E-state index contributed by atoms with van der Waals surface area (Å²) in [5.41, 5.74) is 8.89. The van der Waals surface area contributed by atoms with Gasteiger partial charge in [-0.15, -0.1) is 6.58 Å². The smallest absolute Gasteiger partial charge is 0.260 e. The summed E-state index contributed by atoms with van der Waals surface area (Å²) in [6.07, 6.45) is 11.7. The van der Waals surface area contributed by atoms with Crippen molar-refractivity contribution in [2.75, 3.05) is 57.8 Å². The van der Waals surface area contributed by atoms with E-state index in [-0.39, 0.29) is 23.9 Å². The highest BCUT2D eigenvalue weighted by molar-refractivity contribution is 6.05. The Morgan fingerprint density at radius 2 is 1.44 bits per heavy atom. The summed E-state index contributed by atoms with van der Waals surface area (Å²) in [4.78, 5) is 38.6. The summed E-state index contributed by atoms with van der Waals surface area (Å²) in [5, 5.41) is 3.14. The standard InChI is InChI=1S/C50H57N5O6.C2H6/c1-8-20-53(21-9-2)40-18-14-35(15-19-40)37-26-41-30-52-44-29-48(46(59-7)28-43(44)50(57)55(41)32-37)61-23-11-22-60-47-24-33(4)42(27-45(47)58-6)49(56)54-31-36(25-39(54)10-3)34-12-16-38(51-5)17-13-34;1-2/h10,12-19,24,27-32,39,41,51H,3,8-9,11,20-23,25-26H2,1-2,4-7H3;1-2H3. The van der Waals surface area contributed by atoms with Gasteiger partial charge in [0.15, 0.2) is 23.0 Å². The van der Waals surface area contributed by atoms with E-state index in [9.17, 15) is 9.59 Å². The Hall–Kier alpha value is -6.49. The van der Waals surface area contributed by atoms with E-state index in [1.807, 2.05) is 70.7 Å². The van der Waals surface area contributed by atoms with Crippen molar-refractivity contribution in [3.05, 3.63) is 126 Å². The lowest BCUT2D eigenvalue weighted by molar-refractivity contribution is 0.0801. The number of rotatable bonds is 18. The van der Waals surface area contributed by atoms with Crippen LogP contribution < -0.4 is 29.2 Å². The molecule has 3 aliphatic rings. The number of ether oxygens (including phenoxy) is 4. The van der Waals surface area contributed by atoms with Gasteiger partial charge in [0, 0.05) is 74.6 Å². The number of nitrogens with zero attached hydrogens (tertiary/aromatic N) is 4. The molecule has 2 amide bonds. The normalized spacial score (nSPS) is 16.2. The molecule has 0 spiro atoms. The van der Waals surface area contributed by atoms with Crippen LogP contribution in [0, 0.1) is 6.92 Å². The first-order chi connectivity index (χ1) is 30.7. The zero-order valence-corrected chi connectivity index (χ0v) is 38.2. The van der Waals surface area contributed by atoms with Crippen LogP contribution in [0.25, 0.3) is 11.1 Å². The minimum absolute atomic E-state index is 0.130. The van der Waals surface area contributed by atoms with Crippen LogP contribution in [0.3, 0.4) is 0 Å². The number of nitrogens with one attached hydrogen (secondary N) is 1. The van der Waals surface area contributed by atoms with Crippen LogP contribution in [0.1, 0.15) is 97.2 Å². The quantitative estimate of drug-likeness (QED) is 0.0779. The number of amides is 2. The molecule has 11 nitrogen and oxygen atoms in total. The lowest BCUT2D eigenvalue weighted by Crippen LogP contribution is -2.32. The van der Waals surface area contributed by atoms with Crippen molar-refractivity contribution in [3.63, 3.8) is 0 Å². The fraction of sp³-hybridized carbons (Fsp3) is 0.365. The average Bonchev–Trinajstić information content (AvgIpc) is 3.93. The number of fused-ring (bicyclic) bond motifs is 2. The Morgan fingerprint density at radius 3 is 2.05 bits per heavy atom. The second kappa shape index (κ2) is 21.5. The molecule has 0 saturated heterocycles. The highest BCUT2D eigenvalue weighted by Gasteiger charge is 2.34. The molecule has 0 bridgehead atoms. The van der Waals surface area contributed by atoms with Gasteiger partial charge in [0.1, 0.15) is 0 Å². The first kappa shape index (κ1) is 46.0. The van der Waals surface area contributed by atoms with Crippen LogP contribution in [0.4, 0.5) is 17.1 Å². The molecule has 332 valence electrons. The number of aryl methyl sites for hydroxylation is 1. The summed E-state index contributed by atoms with van der Waals surface area (Å²) in [7, 11) is 5.02. The van der Waals surface area contributed by atoms with Crippen LogP contribution in [0.15, 0.2) is 103 Å². The van der Waals surface area contributed by atoms with Crippen LogP contribution in [0.5, 0.6) is 23.0 Å². The monoisotopic (exact) mass is 853 g/mol. The number of carbonyl (C=O) groups is 2. The molecular formula is C52H63N5O6. The molecule has 0 fully saturated rings. The predicted molar refractivity (Wildman–Crippen MR) is 256 cm³/mol. The Morgan fingerprint density at radius 1 is 0.841 bits per heavy atom. The van der Waals surface area contributed by atoms with Gasteiger partial charge in [0.25, 0.3) is 11.8 Å². The fourth-order valence-corrected chi connectivity index (χ4v) is 8.18. The summed E-state index contributed by atoms with van der Waals surface area (Å²) in [6.45, 7) is 17.0. The van der Waals surface area contributed by atoms with Crippen LogP contribution in [0.2, 0.25) is 0 Å². The van der Waals surface area contributed by atoms with Gasteiger partial charge in [-0.25, -0.2) is 0 Å². The molecule has 2 unspecified atom stereocenters. The maximum Gasteiger partial charge on any atom is 0.260 e. The number of hydrogen-bond acceptors (Lipinski definition) is 9. The van der Waals surface area contributed by atoms with Gasteiger partial charge in [-0.1, -0.05) is 58.0 Å². The van der Waals surface area contributed by atoms with Crippen molar-refractivity contribution in [2.24, 2.45) is 4.99 Å². The van der Waals surface area contributed by atoms with E-state index < -0.39 is 0 Å². The predicted octanol–water partition coefficient (Wildman–Crippen LogP) is 11.0. The molecule has 0 aromatic heterocycles. The van der Waals surface area contributed by atoms with Crippen molar-refractivity contribution in [1.82, 2.24) is 9.80 Å². The molecule has 1 N–H and O–H groups in total. The van der Waals surface area contributed by atoms with Crippen LogP contribution in [-0.4, -0.2) is 87.5 Å². The molecule has 0 radical (unpaired) electrons. The average molecular weight is 854 g/mol. The molecule has 63 heavy (non-hydrogen) atoms. The molecular weight excluding hydrogens is 791 g/mol. The van der Waals surface area contributed by atoms with Gasteiger partial charge in [-0.05, 0) is 96.5 Å². The Balaban J connectivity index is 0.00000326. The van der Waals surface area contributed by atoms with Crippen molar-refractivity contribution in [3.8, 4) is 23.0 Å². The van der Waals surface area contributed by atoms with Gasteiger partial charge in [-0.2, -0.15) is 0 Å². The van der Waals surface area contributed by atoms with Crippen molar-refractivity contribution in [2.45, 2.75) is 78.8 Å². The number of hydrogen-bond donors (Lipinski definition) is 1. The Labute approximate surface area is 373 Å². The number of carbonyl (C=O) groups excluding carboxylic acids is 2. The third-order valence-electron chi connectivity index (χ3n) is 11.5. The van der Waals surface area contributed by atoms with Crippen LogP contribution in [-0.2, 0) is 0 Å². The van der Waals surface area contributed by atoms with Crippen LogP contribution >= 0.6 is 0 Å². The van der Waals surface area contributed by atoms with E-state index in [4.69, 9.17) is 23.9 Å². The van der Waals surface area contributed by atoms with E-state index in [0.717, 1.165) is 59.5 Å². The molecule has 3 heterocycles. The zero-order chi connectivity index (χ0) is 45.0. The van der Waals surface area contributed by atoms with E-state index in [1.54, 1.807) is 42.2 Å². The lowest BCUT2D eigenvalue weighted by atomic mass is 10.0. The molecule has 3 aliphatic heterocycles. The molecule has 2 atom stereocenters. The van der Waals surface area contributed by atoms with Crippen molar-refractivity contribution >= 4 is 46.2 Å². The maximum absolute atomic E-state index is 14.0. The fourth-order valence-electron chi connectivity index (χ4n) is 8.18. The number of aliphatic imine (C=N–C) groups is 1. The molecule has 7 rings (SSSR count). The SMILES string of the molecule is C=CC1CC(c2ccc(NC)cc2)=CN1C(=O)c1cc(OC)c(OCCCOc2cc3c(cc2OC)C(=O)N2C=C(c4ccc(N(CCC)CCC)cc4)CC2C=N3)cc1C.CC. The second-order valence-corrected chi connectivity index (χ2v) is 15.5. The van der Waals surface area contributed by atoms with E-state index in [1.165, 1.54) is 5.69 Å². The molecule has 4 aromatic carbocycles.